The van der Waals surface area contributed by atoms with E-state index in [2.05, 4.69) is 10.3 Å². The Morgan fingerprint density at radius 2 is 2.36 bits per heavy atom. The number of hydrogen-bond acceptors (Lipinski definition) is 4. The summed E-state index contributed by atoms with van der Waals surface area (Å²) in [5.41, 5.74) is 7.36. The van der Waals surface area contributed by atoms with Crippen LogP contribution in [0.25, 0.3) is 0 Å². The number of nitrogens with two attached hydrogens (primary N) is 1. The third-order valence-electron chi connectivity index (χ3n) is 1.94. The number of methoxy groups -OCH3 is 1. The van der Waals surface area contributed by atoms with Gasteiger partial charge in [0.2, 0.25) is 0 Å². The van der Waals surface area contributed by atoms with Crippen molar-refractivity contribution in [3.63, 3.8) is 0 Å². The summed E-state index contributed by atoms with van der Waals surface area (Å²) in [5, 5.41) is 3.25. The number of anilines is 2. The van der Waals surface area contributed by atoms with E-state index in [0.29, 0.717) is 5.69 Å². The fourth-order valence-electron chi connectivity index (χ4n) is 1.16. The second-order valence-corrected chi connectivity index (χ2v) is 3.09. The van der Waals surface area contributed by atoms with Gasteiger partial charge in [-0.3, -0.25) is 4.98 Å². The topological polar surface area (TPSA) is 60.2 Å². The quantitative estimate of drug-likeness (QED) is 0.675. The fourth-order valence-corrected chi connectivity index (χ4v) is 1.16. The smallest absolute Gasteiger partial charge is 0.0736 e. The van der Waals surface area contributed by atoms with Crippen LogP contribution in [-0.4, -0.2) is 25.2 Å². The molecular weight excluding hydrogens is 178 g/mol. The molecule has 0 aliphatic heterocycles. The Bertz CT molecular complexity index is 265. The highest BCUT2D eigenvalue weighted by molar-refractivity contribution is 5.63. The third-order valence-corrected chi connectivity index (χ3v) is 1.94. The number of nitrogen functional groups attached to an aromatic ring is 1. The van der Waals surface area contributed by atoms with E-state index in [4.69, 9.17) is 10.5 Å². The molecule has 4 nitrogen and oxygen atoms in total. The summed E-state index contributed by atoms with van der Waals surface area (Å²) in [5.74, 6) is 0. The number of rotatable bonds is 6. The molecule has 0 aromatic carbocycles. The van der Waals surface area contributed by atoms with Crippen molar-refractivity contribution in [3.05, 3.63) is 18.5 Å². The first-order chi connectivity index (χ1) is 6.84. The molecule has 4 heteroatoms. The molecule has 0 aliphatic rings. The number of nitrogens with zero attached hydrogens (tertiary/aromatic N) is 1. The van der Waals surface area contributed by atoms with Gasteiger partial charge in [0.25, 0.3) is 0 Å². The van der Waals surface area contributed by atoms with Gasteiger partial charge in [-0.2, -0.15) is 0 Å². The van der Waals surface area contributed by atoms with Crippen LogP contribution in [0.5, 0.6) is 0 Å². The van der Waals surface area contributed by atoms with Crippen molar-refractivity contribution in [3.8, 4) is 0 Å². The highest BCUT2D eigenvalue weighted by Crippen LogP contribution is 2.14. The average Bonchev–Trinajstić information content (AvgIpc) is 2.20. The third kappa shape index (κ3) is 3.62. The van der Waals surface area contributed by atoms with Crippen LogP contribution in [-0.2, 0) is 4.74 Å². The molecule has 1 rings (SSSR count). The Balaban J connectivity index is 2.21. The molecule has 0 bridgehead atoms. The molecule has 1 heterocycles. The van der Waals surface area contributed by atoms with Gasteiger partial charge in [0.1, 0.15) is 0 Å². The number of hydrogen-bond donors (Lipinski definition) is 2. The molecule has 3 N–H and O–H groups in total. The Morgan fingerprint density at radius 1 is 1.50 bits per heavy atom. The molecule has 0 atom stereocenters. The Labute approximate surface area is 84.5 Å². The maximum Gasteiger partial charge on any atom is 0.0736 e. The van der Waals surface area contributed by atoms with Gasteiger partial charge in [0.15, 0.2) is 0 Å². The maximum absolute atomic E-state index is 5.71. The van der Waals surface area contributed by atoms with E-state index in [1.54, 1.807) is 19.5 Å². The van der Waals surface area contributed by atoms with Gasteiger partial charge in [-0.15, -0.1) is 0 Å². The summed E-state index contributed by atoms with van der Waals surface area (Å²) in [7, 11) is 1.72. The van der Waals surface area contributed by atoms with Crippen LogP contribution in [0.4, 0.5) is 11.4 Å². The van der Waals surface area contributed by atoms with Crippen molar-refractivity contribution in [1.29, 1.82) is 0 Å². The minimum atomic E-state index is 0.694. The number of pyridine rings is 1. The van der Waals surface area contributed by atoms with Gasteiger partial charge in [-0.05, 0) is 18.9 Å². The minimum absolute atomic E-state index is 0.694. The highest BCUT2D eigenvalue weighted by atomic mass is 16.5. The SMILES string of the molecule is COCCCCNc1ccncc1N. The van der Waals surface area contributed by atoms with Crippen LogP contribution in [0, 0.1) is 0 Å². The van der Waals surface area contributed by atoms with Gasteiger partial charge in [0.05, 0.1) is 17.6 Å². The number of ether oxygens (including phenoxy) is 1. The summed E-state index contributed by atoms with van der Waals surface area (Å²) in [4.78, 5) is 3.92. The molecular formula is C10H17N3O. The lowest BCUT2D eigenvalue weighted by Crippen LogP contribution is -2.05. The zero-order valence-electron chi connectivity index (χ0n) is 8.49. The molecule has 0 aliphatic carbocycles. The lowest BCUT2D eigenvalue weighted by molar-refractivity contribution is 0.194. The molecule has 0 spiro atoms. The van der Waals surface area contributed by atoms with Crippen molar-refractivity contribution in [2.75, 3.05) is 31.3 Å². The predicted molar refractivity (Wildman–Crippen MR) is 58.2 cm³/mol. The fraction of sp³-hybridized carbons (Fsp3) is 0.500. The maximum atomic E-state index is 5.71. The van der Waals surface area contributed by atoms with Crippen molar-refractivity contribution >= 4 is 11.4 Å². The van der Waals surface area contributed by atoms with Crippen LogP contribution < -0.4 is 11.1 Å². The number of unbranched alkanes of at least 4 members (excludes halogenated alkanes) is 1. The Morgan fingerprint density at radius 3 is 3.07 bits per heavy atom. The molecule has 1 aromatic heterocycles. The van der Waals surface area contributed by atoms with E-state index >= 15 is 0 Å². The molecule has 0 amide bonds. The lowest BCUT2D eigenvalue weighted by Gasteiger charge is -2.07. The largest absolute Gasteiger partial charge is 0.396 e. The van der Waals surface area contributed by atoms with E-state index in [1.165, 1.54) is 0 Å². The number of nitrogens with one attached hydrogen (secondary N) is 1. The summed E-state index contributed by atoms with van der Waals surface area (Å²) in [6.45, 7) is 1.73. The van der Waals surface area contributed by atoms with Gasteiger partial charge in [-0.1, -0.05) is 0 Å². The molecule has 0 saturated heterocycles. The molecule has 0 radical (unpaired) electrons. The first-order valence-electron chi connectivity index (χ1n) is 4.77. The van der Waals surface area contributed by atoms with Crippen LogP contribution in [0.2, 0.25) is 0 Å². The molecule has 0 unspecified atom stereocenters. The van der Waals surface area contributed by atoms with Crippen molar-refractivity contribution in [1.82, 2.24) is 4.98 Å². The van der Waals surface area contributed by atoms with E-state index in [0.717, 1.165) is 31.7 Å². The van der Waals surface area contributed by atoms with Crippen LogP contribution in [0.1, 0.15) is 12.8 Å². The minimum Gasteiger partial charge on any atom is -0.396 e. The van der Waals surface area contributed by atoms with E-state index in [1.807, 2.05) is 6.07 Å². The molecule has 14 heavy (non-hydrogen) atoms. The van der Waals surface area contributed by atoms with Crippen LogP contribution >= 0.6 is 0 Å². The Kier molecular flexibility index (Phi) is 4.78. The zero-order valence-corrected chi connectivity index (χ0v) is 8.49. The summed E-state index contributed by atoms with van der Waals surface area (Å²) < 4.78 is 4.96. The summed E-state index contributed by atoms with van der Waals surface area (Å²) in [6, 6.07) is 1.88. The van der Waals surface area contributed by atoms with Crippen LogP contribution in [0.15, 0.2) is 18.5 Å². The van der Waals surface area contributed by atoms with Crippen LogP contribution in [0.3, 0.4) is 0 Å². The molecule has 1 aromatic rings. The average molecular weight is 195 g/mol. The van der Waals surface area contributed by atoms with Gasteiger partial charge in [0, 0.05) is 26.5 Å². The number of aromatic nitrogens is 1. The van der Waals surface area contributed by atoms with E-state index in [-0.39, 0.29) is 0 Å². The van der Waals surface area contributed by atoms with Crippen molar-refractivity contribution < 1.29 is 4.74 Å². The summed E-state index contributed by atoms with van der Waals surface area (Å²) in [6.07, 6.45) is 5.52. The highest BCUT2D eigenvalue weighted by Gasteiger charge is 1.95. The van der Waals surface area contributed by atoms with E-state index < -0.39 is 0 Å². The second kappa shape index (κ2) is 6.21. The van der Waals surface area contributed by atoms with E-state index in [9.17, 15) is 0 Å². The monoisotopic (exact) mass is 195 g/mol. The van der Waals surface area contributed by atoms with Gasteiger partial charge < -0.3 is 15.8 Å². The standard InChI is InChI=1S/C10H17N3O/c1-14-7-3-2-5-13-10-4-6-12-8-9(10)11/h4,6,8H,2-3,5,7,11H2,1H3,(H,12,13). The molecule has 0 fully saturated rings. The molecule has 78 valence electrons. The van der Waals surface area contributed by atoms with Gasteiger partial charge in [-0.25, -0.2) is 0 Å². The van der Waals surface area contributed by atoms with Gasteiger partial charge >= 0.3 is 0 Å². The molecule has 0 saturated carbocycles. The van der Waals surface area contributed by atoms with Crippen molar-refractivity contribution in [2.24, 2.45) is 0 Å². The lowest BCUT2D eigenvalue weighted by atomic mass is 10.3. The normalized spacial score (nSPS) is 10.1. The van der Waals surface area contributed by atoms with Crippen molar-refractivity contribution in [2.45, 2.75) is 12.8 Å². The first-order valence-corrected chi connectivity index (χ1v) is 4.77. The first kappa shape index (κ1) is 10.8. The summed E-state index contributed by atoms with van der Waals surface area (Å²) >= 11 is 0. The zero-order chi connectivity index (χ0) is 10.2. The predicted octanol–water partition coefficient (Wildman–Crippen LogP) is 1.50. The second-order valence-electron chi connectivity index (χ2n) is 3.09. The Hall–Kier alpha value is -1.29.